The molecule has 8 heteroatoms. The second-order valence-corrected chi connectivity index (χ2v) is 6.91. The van der Waals surface area contributed by atoms with Gasteiger partial charge in [0.25, 0.3) is 0 Å². The predicted octanol–water partition coefficient (Wildman–Crippen LogP) is 0.842. The molecule has 0 aliphatic rings. The van der Waals surface area contributed by atoms with Crippen LogP contribution in [0, 0.1) is 0 Å². The molecule has 0 aliphatic heterocycles. The van der Waals surface area contributed by atoms with E-state index in [2.05, 4.69) is 15.0 Å². The van der Waals surface area contributed by atoms with Gasteiger partial charge in [0.2, 0.25) is 0 Å². The first-order valence-corrected chi connectivity index (χ1v) is 8.48. The van der Waals surface area contributed by atoms with Gasteiger partial charge in [-0.2, -0.15) is 0 Å². The summed E-state index contributed by atoms with van der Waals surface area (Å²) in [6.45, 7) is 4.04. The van der Waals surface area contributed by atoms with Crippen molar-refractivity contribution in [1.82, 2.24) is 15.0 Å². The molecular weight excluding hydrogens is 282 g/mol. The minimum Gasteiger partial charge on any atom is -0.464 e. The van der Waals surface area contributed by atoms with E-state index >= 15 is 0 Å². The third-order valence-electron chi connectivity index (χ3n) is 2.97. The Bertz CT molecular complexity index is 551. The lowest BCUT2D eigenvalue weighted by atomic mass is 10.2. The van der Waals surface area contributed by atoms with E-state index in [1.165, 1.54) is 7.11 Å². The van der Waals surface area contributed by atoms with Gasteiger partial charge in [0.1, 0.15) is 9.84 Å². The fourth-order valence-corrected chi connectivity index (χ4v) is 2.69. The molecule has 1 aromatic heterocycles. The Hall–Kier alpha value is -1.44. The molecule has 0 bridgehead atoms. The number of esters is 1. The lowest BCUT2D eigenvalue weighted by Crippen LogP contribution is -2.14. The predicted molar refractivity (Wildman–Crippen MR) is 74.3 cm³/mol. The second kappa shape index (κ2) is 7.37. The number of hydrogen-bond donors (Lipinski definition) is 0. The number of hydrogen-bond acceptors (Lipinski definition) is 6. The summed E-state index contributed by atoms with van der Waals surface area (Å²) in [5.41, 5.74) is 0.918. The summed E-state index contributed by atoms with van der Waals surface area (Å²) in [6, 6.07) is 0. The van der Waals surface area contributed by atoms with Gasteiger partial charge >= 0.3 is 5.97 Å². The maximum absolute atomic E-state index is 11.6. The number of carbonyl (C=O) groups excluding carboxylic acids is 1. The third-order valence-corrected chi connectivity index (χ3v) is 4.76. The van der Waals surface area contributed by atoms with E-state index in [0.717, 1.165) is 6.42 Å². The molecule has 20 heavy (non-hydrogen) atoms. The van der Waals surface area contributed by atoms with Crippen LogP contribution in [-0.2, 0) is 27.5 Å². The van der Waals surface area contributed by atoms with Crippen molar-refractivity contribution in [2.45, 2.75) is 39.7 Å². The van der Waals surface area contributed by atoms with Gasteiger partial charge in [-0.15, -0.1) is 5.10 Å². The van der Waals surface area contributed by atoms with Gasteiger partial charge in [-0.25, -0.2) is 17.9 Å². The van der Waals surface area contributed by atoms with Gasteiger partial charge in [-0.05, 0) is 12.8 Å². The van der Waals surface area contributed by atoms with Crippen molar-refractivity contribution < 1.29 is 17.9 Å². The first-order chi connectivity index (χ1) is 9.45. The normalized spacial score (nSPS) is 11.6. The fourth-order valence-electron chi connectivity index (χ4n) is 1.83. The van der Waals surface area contributed by atoms with Crippen molar-refractivity contribution >= 4 is 15.8 Å². The van der Waals surface area contributed by atoms with Crippen LogP contribution in [0.15, 0.2) is 0 Å². The number of aromatic nitrogens is 3. The van der Waals surface area contributed by atoms with Crippen molar-refractivity contribution in [3.05, 3.63) is 11.4 Å². The molecule has 114 valence electrons. The molecule has 0 amide bonds. The van der Waals surface area contributed by atoms with E-state index in [1.54, 1.807) is 11.6 Å². The summed E-state index contributed by atoms with van der Waals surface area (Å²) in [5, 5.41) is 7.75. The molecule has 0 saturated heterocycles. The average molecular weight is 303 g/mol. The summed E-state index contributed by atoms with van der Waals surface area (Å²) in [7, 11) is -1.69. The first kappa shape index (κ1) is 16.6. The topological polar surface area (TPSA) is 91.2 Å². The number of rotatable bonds is 8. The molecule has 0 fully saturated rings. The Labute approximate surface area is 119 Å². The minimum atomic E-state index is -2.98. The van der Waals surface area contributed by atoms with Gasteiger partial charge in [0.15, 0.2) is 5.69 Å². The van der Waals surface area contributed by atoms with E-state index in [9.17, 15) is 13.2 Å². The Balaban J connectivity index is 2.80. The zero-order valence-corrected chi connectivity index (χ0v) is 12.9. The van der Waals surface area contributed by atoms with Crippen LogP contribution in [0.4, 0.5) is 0 Å². The number of carbonyl (C=O) groups is 1. The van der Waals surface area contributed by atoms with Gasteiger partial charge in [-0.1, -0.05) is 25.5 Å². The minimum absolute atomic E-state index is 0.114. The van der Waals surface area contributed by atoms with Gasteiger partial charge < -0.3 is 4.74 Å². The molecule has 0 spiro atoms. The SMILES string of the molecule is CCCc1c(C(=O)OC)nnn1CCCS(=O)(=O)CC. The van der Waals surface area contributed by atoms with Crippen LogP contribution in [0.25, 0.3) is 0 Å². The fraction of sp³-hybridized carbons (Fsp3) is 0.750. The zero-order chi connectivity index (χ0) is 15.2. The molecule has 0 aliphatic carbocycles. The highest BCUT2D eigenvalue weighted by Gasteiger charge is 2.19. The number of methoxy groups -OCH3 is 1. The number of aryl methyl sites for hydroxylation is 1. The molecule has 0 N–H and O–H groups in total. The van der Waals surface area contributed by atoms with Crippen LogP contribution < -0.4 is 0 Å². The Morgan fingerprint density at radius 3 is 2.60 bits per heavy atom. The quantitative estimate of drug-likeness (QED) is 0.661. The molecule has 0 unspecified atom stereocenters. The summed E-state index contributed by atoms with van der Waals surface area (Å²) >= 11 is 0. The van der Waals surface area contributed by atoms with E-state index < -0.39 is 15.8 Å². The highest BCUT2D eigenvalue weighted by atomic mass is 32.2. The average Bonchev–Trinajstić information content (AvgIpc) is 2.81. The molecule has 0 radical (unpaired) electrons. The number of ether oxygens (including phenoxy) is 1. The summed E-state index contributed by atoms with van der Waals surface area (Å²) < 4.78 is 29.1. The standard InChI is InChI=1S/C12H21N3O4S/c1-4-7-10-11(12(16)19-3)13-14-15(10)8-6-9-20(17,18)5-2/h4-9H2,1-3H3. The maximum Gasteiger partial charge on any atom is 0.360 e. The molecular formula is C12H21N3O4S. The van der Waals surface area contributed by atoms with Crippen LogP contribution in [-0.4, -0.2) is 48.0 Å². The molecule has 1 heterocycles. The lowest BCUT2D eigenvalue weighted by Gasteiger charge is -2.06. The zero-order valence-electron chi connectivity index (χ0n) is 12.1. The van der Waals surface area contributed by atoms with E-state index in [4.69, 9.17) is 0 Å². The van der Waals surface area contributed by atoms with Crippen molar-refractivity contribution in [2.75, 3.05) is 18.6 Å². The third kappa shape index (κ3) is 4.29. The van der Waals surface area contributed by atoms with Crippen molar-refractivity contribution in [3.8, 4) is 0 Å². The van der Waals surface area contributed by atoms with Crippen molar-refractivity contribution in [2.24, 2.45) is 0 Å². The van der Waals surface area contributed by atoms with Crippen molar-refractivity contribution in [1.29, 1.82) is 0 Å². The largest absolute Gasteiger partial charge is 0.464 e. The summed E-state index contributed by atoms with van der Waals surface area (Å²) in [6.07, 6.45) is 1.94. The van der Waals surface area contributed by atoms with Crippen LogP contribution in [0.1, 0.15) is 42.9 Å². The summed E-state index contributed by atoms with van der Waals surface area (Å²) in [4.78, 5) is 11.6. The number of sulfone groups is 1. The van der Waals surface area contributed by atoms with Gasteiger partial charge in [-0.3, -0.25) is 0 Å². The number of nitrogens with zero attached hydrogens (tertiary/aromatic N) is 3. The lowest BCUT2D eigenvalue weighted by molar-refractivity contribution is 0.0592. The van der Waals surface area contributed by atoms with E-state index in [0.29, 0.717) is 25.1 Å². The van der Waals surface area contributed by atoms with Crippen LogP contribution in [0.2, 0.25) is 0 Å². The molecule has 0 atom stereocenters. The molecule has 1 rings (SSSR count). The highest BCUT2D eigenvalue weighted by Crippen LogP contribution is 2.11. The molecule has 7 nitrogen and oxygen atoms in total. The first-order valence-electron chi connectivity index (χ1n) is 6.66. The molecule has 0 saturated carbocycles. The Kier molecular flexibility index (Phi) is 6.12. The molecule has 0 aromatic carbocycles. The second-order valence-electron chi connectivity index (χ2n) is 4.44. The maximum atomic E-state index is 11.6. The highest BCUT2D eigenvalue weighted by molar-refractivity contribution is 7.91. The van der Waals surface area contributed by atoms with Crippen LogP contribution in [0.3, 0.4) is 0 Å². The van der Waals surface area contributed by atoms with E-state index in [1.807, 2.05) is 6.92 Å². The monoisotopic (exact) mass is 303 g/mol. The van der Waals surface area contributed by atoms with E-state index in [-0.39, 0.29) is 17.2 Å². The summed E-state index contributed by atoms with van der Waals surface area (Å²) in [5.74, 6) is -0.261. The van der Waals surface area contributed by atoms with Gasteiger partial charge in [0, 0.05) is 12.3 Å². The van der Waals surface area contributed by atoms with Gasteiger partial charge in [0.05, 0.1) is 18.6 Å². The van der Waals surface area contributed by atoms with Crippen LogP contribution >= 0.6 is 0 Å². The Morgan fingerprint density at radius 2 is 2.05 bits per heavy atom. The van der Waals surface area contributed by atoms with Crippen molar-refractivity contribution in [3.63, 3.8) is 0 Å². The van der Waals surface area contributed by atoms with Crippen LogP contribution in [0.5, 0.6) is 0 Å². The molecule has 1 aromatic rings. The smallest absolute Gasteiger partial charge is 0.360 e. The Morgan fingerprint density at radius 1 is 1.35 bits per heavy atom.